The Morgan fingerprint density at radius 2 is 2.40 bits per heavy atom. The van der Waals surface area contributed by atoms with Crippen molar-refractivity contribution in [2.75, 3.05) is 6.54 Å². The van der Waals surface area contributed by atoms with E-state index < -0.39 is 0 Å². The summed E-state index contributed by atoms with van der Waals surface area (Å²) in [6.07, 6.45) is 4.80. The van der Waals surface area contributed by atoms with E-state index in [-0.39, 0.29) is 0 Å². The molecule has 0 bridgehead atoms. The molecule has 0 fully saturated rings. The second-order valence-corrected chi connectivity index (χ2v) is 3.31. The molecule has 0 spiro atoms. The molecule has 10 heavy (non-hydrogen) atoms. The fourth-order valence-electron chi connectivity index (χ4n) is 1.68. The molecule has 0 saturated heterocycles. The lowest BCUT2D eigenvalue weighted by molar-refractivity contribution is 0.415. The number of hydrogen-bond acceptors (Lipinski definition) is 1. The molecule has 0 aromatic rings. The fourth-order valence-corrected chi connectivity index (χ4v) is 1.68. The quantitative estimate of drug-likeness (QED) is 0.581. The van der Waals surface area contributed by atoms with E-state index in [0.29, 0.717) is 0 Å². The van der Waals surface area contributed by atoms with Gasteiger partial charge >= 0.3 is 0 Å². The Morgan fingerprint density at radius 3 is 2.80 bits per heavy atom. The Hall–Kier alpha value is -0.300. The van der Waals surface area contributed by atoms with Crippen molar-refractivity contribution in [2.45, 2.75) is 26.7 Å². The summed E-state index contributed by atoms with van der Waals surface area (Å²) >= 11 is 0. The molecule has 2 N–H and O–H groups in total. The molecule has 1 heteroatoms. The summed E-state index contributed by atoms with van der Waals surface area (Å²) < 4.78 is 0. The van der Waals surface area contributed by atoms with Crippen LogP contribution in [0.3, 0.4) is 0 Å². The van der Waals surface area contributed by atoms with E-state index in [2.05, 4.69) is 19.9 Å². The molecule has 0 amide bonds. The predicted octanol–water partition coefficient (Wildman–Crippen LogP) is 1.94. The Morgan fingerprint density at radius 1 is 1.70 bits per heavy atom. The summed E-state index contributed by atoms with van der Waals surface area (Å²) in [5.74, 6) is 1.62. The zero-order valence-corrected chi connectivity index (χ0v) is 6.93. The minimum atomic E-state index is 0.781. The highest BCUT2D eigenvalue weighted by Gasteiger charge is 2.21. The average Bonchev–Trinajstić information content (AvgIpc) is 2.20. The van der Waals surface area contributed by atoms with Crippen molar-refractivity contribution in [3.05, 3.63) is 11.6 Å². The van der Waals surface area contributed by atoms with Gasteiger partial charge in [0.05, 0.1) is 0 Å². The summed E-state index contributed by atoms with van der Waals surface area (Å²) in [7, 11) is 0. The Balaban J connectivity index is 2.40. The Labute approximate surface area is 63.3 Å². The zero-order chi connectivity index (χ0) is 7.56. The molecular formula is C9H17N. The van der Waals surface area contributed by atoms with Crippen LogP contribution >= 0.6 is 0 Å². The van der Waals surface area contributed by atoms with Crippen LogP contribution in [0.4, 0.5) is 0 Å². The molecule has 1 rings (SSSR count). The first-order valence-corrected chi connectivity index (χ1v) is 4.12. The smallest absolute Gasteiger partial charge is 0.00743 e. The number of nitrogens with two attached hydrogens (primary N) is 1. The molecule has 0 saturated carbocycles. The highest BCUT2D eigenvalue weighted by Crippen LogP contribution is 2.32. The summed E-state index contributed by atoms with van der Waals surface area (Å²) in [4.78, 5) is 0. The minimum absolute atomic E-state index is 0.781. The predicted molar refractivity (Wildman–Crippen MR) is 44.7 cm³/mol. The van der Waals surface area contributed by atoms with E-state index in [1.165, 1.54) is 12.8 Å². The third kappa shape index (κ3) is 1.40. The number of rotatable bonds is 2. The van der Waals surface area contributed by atoms with E-state index in [4.69, 9.17) is 5.73 Å². The van der Waals surface area contributed by atoms with Crippen molar-refractivity contribution < 1.29 is 0 Å². The van der Waals surface area contributed by atoms with Gasteiger partial charge in [-0.2, -0.15) is 0 Å². The van der Waals surface area contributed by atoms with Crippen LogP contribution in [0.2, 0.25) is 0 Å². The van der Waals surface area contributed by atoms with Crippen LogP contribution in [0.5, 0.6) is 0 Å². The van der Waals surface area contributed by atoms with E-state index in [1.54, 1.807) is 5.57 Å². The van der Waals surface area contributed by atoms with Crippen LogP contribution < -0.4 is 5.73 Å². The molecular weight excluding hydrogens is 122 g/mol. The normalized spacial score (nSPS) is 32.5. The van der Waals surface area contributed by atoms with E-state index in [1.807, 2.05) is 0 Å². The van der Waals surface area contributed by atoms with Gasteiger partial charge in [-0.05, 0) is 38.1 Å². The van der Waals surface area contributed by atoms with Crippen LogP contribution in [0, 0.1) is 11.8 Å². The SMILES string of the molecule is CC1=CCC(CCN)C1C. The second kappa shape index (κ2) is 3.20. The number of hydrogen-bond donors (Lipinski definition) is 1. The maximum atomic E-state index is 5.49. The lowest BCUT2D eigenvalue weighted by Crippen LogP contribution is -2.12. The van der Waals surface area contributed by atoms with Crippen molar-refractivity contribution in [2.24, 2.45) is 17.6 Å². The zero-order valence-electron chi connectivity index (χ0n) is 6.93. The maximum absolute atomic E-state index is 5.49. The van der Waals surface area contributed by atoms with Crippen molar-refractivity contribution in [3.63, 3.8) is 0 Å². The highest BCUT2D eigenvalue weighted by molar-refractivity contribution is 5.11. The minimum Gasteiger partial charge on any atom is -0.330 e. The Kier molecular flexibility index (Phi) is 2.50. The third-order valence-electron chi connectivity index (χ3n) is 2.71. The average molecular weight is 139 g/mol. The standard InChI is InChI=1S/C9H17N/c1-7-3-4-9(5-6-10)8(7)2/h3,8-9H,4-6,10H2,1-2H3. The van der Waals surface area contributed by atoms with Gasteiger partial charge in [-0.15, -0.1) is 0 Å². The molecule has 0 heterocycles. The van der Waals surface area contributed by atoms with Crippen LogP contribution in [0.15, 0.2) is 11.6 Å². The van der Waals surface area contributed by atoms with Crippen LogP contribution in [-0.2, 0) is 0 Å². The van der Waals surface area contributed by atoms with Crippen LogP contribution in [0.1, 0.15) is 26.7 Å². The molecule has 0 radical (unpaired) electrons. The molecule has 1 aliphatic carbocycles. The van der Waals surface area contributed by atoms with Gasteiger partial charge in [-0.25, -0.2) is 0 Å². The third-order valence-corrected chi connectivity index (χ3v) is 2.71. The van der Waals surface area contributed by atoms with Crippen LogP contribution in [0.25, 0.3) is 0 Å². The van der Waals surface area contributed by atoms with Gasteiger partial charge in [0.1, 0.15) is 0 Å². The molecule has 1 nitrogen and oxygen atoms in total. The van der Waals surface area contributed by atoms with Gasteiger partial charge in [0, 0.05) is 0 Å². The van der Waals surface area contributed by atoms with E-state index in [9.17, 15) is 0 Å². The van der Waals surface area contributed by atoms with Crippen molar-refractivity contribution in [3.8, 4) is 0 Å². The van der Waals surface area contributed by atoms with Crippen molar-refractivity contribution in [1.29, 1.82) is 0 Å². The molecule has 0 aliphatic heterocycles. The van der Waals surface area contributed by atoms with E-state index in [0.717, 1.165) is 18.4 Å². The summed E-state index contributed by atoms with van der Waals surface area (Å²) in [6, 6.07) is 0. The van der Waals surface area contributed by atoms with Gasteiger partial charge in [0.25, 0.3) is 0 Å². The first-order valence-electron chi connectivity index (χ1n) is 4.12. The monoisotopic (exact) mass is 139 g/mol. The van der Waals surface area contributed by atoms with Gasteiger partial charge in [0.15, 0.2) is 0 Å². The Bertz CT molecular complexity index is 138. The summed E-state index contributed by atoms with van der Waals surface area (Å²) in [6.45, 7) is 5.37. The van der Waals surface area contributed by atoms with E-state index >= 15 is 0 Å². The lowest BCUT2D eigenvalue weighted by atomic mass is 9.91. The largest absolute Gasteiger partial charge is 0.330 e. The maximum Gasteiger partial charge on any atom is -0.00743 e. The molecule has 0 aromatic heterocycles. The molecule has 1 aliphatic rings. The van der Waals surface area contributed by atoms with Gasteiger partial charge in [-0.3, -0.25) is 0 Å². The molecule has 0 aromatic carbocycles. The molecule has 2 atom stereocenters. The second-order valence-electron chi connectivity index (χ2n) is 3.31. The van der Waals surface area contributed by atoms with Gasteiger partial charge in [-0.1, -0.05) is 18.6 Å². The molecule has 58 valence electrons. The van der Waals surface area contributed by atoms with Crippen molar-refractivity contribution in [1.82, 2.24) is 0 Å². The summed E-state index contributed by atoms with van der Waals surface area (Å²) in [5, 5.41) is 0. The fraction of sp³-hybridized carbons (Fsp3) is 0.778. The highest BCUT2D eigenvalue weighted by atomic mass is 14.5. The topological polar surface area (TPSA) is 26.0 Å². The summed E-state index contributed by atoms with van der Waals surface area (Å²) in [5.41, 5.74) is 7.05. The van der Waals surface area contributed by atoms with Gasteiger partial charge < -0.3 is 5.73 Å². The van der Waals surface area contributed by atoms with Crippen LogP contribution in [-0.4, -0.2) is 6.54 Å². The lowest BCUT2D eigenvalue weighted by Gasteiger charge is -2.15. The van der Waals surface area contributed by atoms with Crippen molar-refractivity contribution >= 4 is 0 Å². The first kappa shape index (κ1) is 7.80. The molecule has 2 unspecified atom stereocenters. The number of allylic oxidation sites excluding steroid dienone is 2. The van der Waals surface area contributed by atoms with Gasteiger partial charge in [0.2, 0.25) is 0 Å². The first-order chi connectivity index (χ1) is 4.75.